The molecule has 0 saturated carbocycles. The van der Waals surface area contributed by atoms with Gasteiger partial charge in [-0.1, -0.05) is 25.5 Å². The molecule has 0 spiro atoms. The van der Waals surface area contributed by atoms with Crippen molar-refractivity contribution in [3.63, 3.8) is 0 Å². The van der Waals surface area contributed by atoms with E-state index in [2.05, 4.69) is 22.5 Å². The molecular weight excluding hydrogens is 459 g/mol. The molecule has 0 fully saturated rings. The Bertz CT molecular complexity index is 623. The molecular formula is C19H31IN4O3. The number of carbonyl (C=O) groups is 1. The third-order valence-corrected chi connectivity index (χ3v) is 3.99. The average molecular weight is 490 g/mol. The van der Waals surface area contributed by atoms with Crippen molar-refractivity contribution in [1.82, 2.24) is 15.5 Å². The Morgan fingerprint density at radius 1 is 1.22 bits per heavy atom. The second-order valence-electron chi connectivity index (χ2n) is 6.38. The first kappa shape index (κ1) is 23.3. The van der Waals surface area contributed by atoms with Gasteiger partial charge in [0.05, 0.1) is 26.3 Å². The second-order valence-corrected chi connectivity index (χ2v) is 6.38. The van der Waals surface area contributed by atoms with E-state index in [-0.39, 0.29) is 36.4 Å². The molecule has 1 heterocycles. The van der Waals surface area contributed by atoms with Crippen LogP contribution in [0.3, 0.4) is 0 Å². The Kier molecular flexibility index (Phi) is 10.9. The number of rotatable bonds is 7. The third kappa shape index (κ3) is 7.82. The van der Waals surface area contributed by atoms with Gasteiger partial charge in [0.2, 0.25) is 5.91 Å². The average Bonchev–Trinajstić information content (AvgIpc) is 2.89. The molecule has 0 aromatic heterocycles. The summed E-state index contributed by atoms with van der Waals surface area (Å²) in [5.74, 6) is 2.17. The van der Waals surface area contributed by atoms with E-state index >= 15 is 0 Å². The first-order valence-electron chi connectivity index (χ1n) is 9.21. The maximum absolute atomic E-state index is 11.8. The van der Waals surface area contributed by atoms with Gasteiger partial charge in [-0.2, -0.15) is 0 Å². The Hall–Kier alpha value is -1.71. The summed E-state index contributed by atoms with van der Waals surface area (Å²) in [6.45, 7) is 4.91. The van der Waals surface area contributed by atoms with Gasteiger partial charge < -0.3 is 25.0 Å². The second kappa shape index (κ2) is 12.6. The quantitative estimate of drug-likeness (QED) is 0.266. The molecule has 0 saturated heterocycles. The van der Waals surface area contributed by atoms with Gasteiger partial charge in [0.25, 0.3) is 0 Å². The van der Waals surface area contributed by atoms with E-state index in [0.717, 1.165) is 42.9 Å². The van der Waals surface area contributed by atoms with E-state index in [1.807, 2.05) is 18.2 Å². The summed E-state index contributed by atoms with van der Waals surface area (Å²) in [7, 11) is 3.48. The number of benzene rings is 1. The Balaban J connectivity index is 0.00000364. The van der Waals surface area contributed by atoms with Gasteiger partial charge in [0.1, 0.15) is 0 Å². The summed E-state index contributed by atoms with van der Waals surface area (Å²) in [5, 5.41) is 6.37. The monoisotopic (exact) mass is 490 g/mol. The number of hydrogen-bond donors (Lipinski definition) is 2. The molecule has 27 heavy (non-hydrogen) atoms. The van der Waals surface area contributed by atoms with Crippen molar-refractivity contribution in [3.05, 3.63) is 23.8 Å². The number of guanidine groups is 1. The lowest BCUT2D eigenvalue weighted by molar-refractivity contribution is -0.127. The van der Waals surface area contributed by atoms with Gasteiger partial charge in [0, 0.05) is 32.6 Å². The lowest BCUT2D eigenvalue weighted by atomic mass is 10.2. The predicted octanol–water partition coefficient (Wildman–Crippen LogP) is 2.39. The smallest absolute Gasteiger partial charge is 0.241 e. The lowest BCUT2D eigenvalue weighted by Gasteiger charge is -2.15. The van der Waals surface area contributed by atoms with E-state index in [1.54, 1.807) is 19.0 Å². The molecule has 0 unspecified atom stereocenters. The molecule has 1 amide bonds. The SMILES string of the molecule is CCCCNC(=NCc1cccc2c1OCCCO2)NCC(=O)N(C)C.I. The highest BCUT2D eigenvalue weighted by Gasteiger charge is 2.14. The Morgan fingerprint density at radius 3 is 2.74 bits per heavy atom. The molecule has 152 valence electrons. The number of para-hydroxylation sites is 1. The van der Waals surface area contributed by atoms with Gasteiger partial charge in [-0.3, -0.25) is 4.79 Å². The third-order valence-electron chi connectivity index (χ3n) is 3.99. The molecule has 0 bridgehead atoms. The maximum atomic E-state index is 11.8. The zero-order valence-corrected chi connectivity index (χ0v) is 18.7. The van der Waals surface area contributed by atoms with E-state index in [1.165, 1.54) is 0 Å². The Morgan fingerprint density at radius 2 is 2.00 bits per heavy atom. The van der Waals surface area contributed by atoms with Crippen molar-refractivity contribution in [2.45, 2.75) is 32.7 Å². The number of aliphatic imine (C=N–C) groups is 1. The summed E-state index contributed by atoms with van der Waals surface area (Å²) in [4.78, 5) is 18.0. The number of hydrogen-bond acceptors (Lipinski definition) is 4. The van der Waals surface area contributed by atoms with Crippen LogP contribution in [0.25, 0.3) is 0 Å². The van der Waals surface area contributed by atoms with Crippen LogP contribution in [0.1, 0.15) is 31.7 Å². The van der Waals surface area contributed by atoms with E-state index in [9.17, 15) is 4.79 Å². The van der Waals surface area contributed by atoms with Crippen molar-refractivity contribution in [3.8, 4) is 11.5 Å². The number of halogens is 1. The van der Waals surface area contributed by atoms with Crippen molar-refractivity contribution < 1.29 is 14.3 Å². The van der Waals surface area contributed by atoms with Gasteiger partial charge >= 0.3 is 0 Å². The molecule has 1 aromatic carbocycles. The summed E-state index contributed by atoms with van der Waals surface area (Å²) < 4.78 is 11.6. The summed E-state index contributed by atoms with van der Waals surface area (Å²) in [6.07, 6.45) is 3.00. The normalized spacial score (nSPS) is 13.2. The number of fused-ring (bicyclic) bond motifs is 1. The first-order valence-corrected chi connectivity index (χ1v) is 9.21. The fourth-order valence-electron chi connectivity index (χ4n) is 2.42. The molecule has 1 aromatic rings. The van der Waals surface area contributed by atoms with E-state index < -0.39 is 0 Å². The van der Waals surface area contributed by atoms with Crippen LogP contribution >= 0.6 is 24.0 Å². The predicted molar refractivity (Wildman–Crippen MR) is 118 cm³/mol. The summed E-state index contributed by atoms with van der Waals surface area (Å²) >= 11 is 0. The fraction of sp³-hybridized carbons (Fsp3) is 0.579. The van der Waals surface area contributed by atoms with E-state index in [4.69, 9.17) is 9.47 Å². The van der Waals surface area contributed by atoms with Crippen LogP contribution in [0.2, 0.25) is 0 Å². The van der Waals surface area contributed by atoms with Crippen LogP contribution in [-0.4, -0.2) is 57.2 Å². The summed E-state index contributed by atoms with van der Waals surface area (Å²) in [6, 6.07) is 5.86. The number of likely N-dealkylation sites (N-methyl/N-ethyl adjacent to an activating group) is 1. The largest absolute Gasteiger partial charge is 0.490 e. The number of amides is 1. The number of nitrogens with one attached hydrogen (secondary N) is 2. The number of ether oxygens (including phenoxy) is 2. The fourth-order valence-corrected chi connectivity index (χ4v) is 2.42. The molecule has 0 atom stereocenters. The zero-order valence-electron chi connectivity index (χ0n) is 16.4. The highest BCUT2D eigenvalue weighted by atomic mass is 127. The van der Waals surface area contributed by atoms with Crippen LogP contribution in [0.5, 0.6) is 11.5 Å². The number of unbranched alkanes of at least 4 members (excludes halogenated alkanes) is 1. The van der Waals surface area contributed by atoms with Crippen molar-refractivity contribution in [2.24, 2.45) is 4.99 Å². The summed E-state index contributed by atoms with van der Waals surface area (Å²) in [5.41, 5.74) is 0.972. The minimum Gasteiger partial charge on any atom is -0.490 e. The molecule has 2 N–H and O–H groups in total. The highest BCUT2D eigenvalue weighted by Crippen LogP contribution is 2.33. The van der Waals surface area contributed by atoms with Crippen LogP contribution < -0.4 is 20.1 Å². The van der Waals surface area contributed by atoms with Crippen LogP contribution in [0.15, 0.2) is 23.2 Å². The Labute approximate surface area is 178 Å². The minimum atomic E-state index is 0. The minimum absolute atomic E-state index is 0. The van der Waals surface area contributed by atoms with Crippen LogP contribution in [-0.2, 0) is 11.3 Å². The number of carbonyl (C=O) groups excluding carboxylic acids is 1. The molecule has 1 aliphatic rings. The van der Waals surface area contributed by atoms with Crippen molar-refractivity contribution in [2.75, 3.05) is 40.4 Å². The molecule has 8 heteroatoms. The first-order chi connectivity index (χ1) is 12.6. The highest BCUT2D eigenvalue weighted by molar-refractivity contribution is 14.0. The van der Waals surface area contributed by atoms with Gasteiger partial charge in [0.15, 0.2) is 17.5 Å². The maximum Gasteiger partial charge on any atom is 0.241 e. The van der Waals surface area contributed by atoms with Crippen LogP contribution in [0.4, 0.5) is 0 Å². The molecule has 0 radical (unpaired) electrons. The lowest BCUT2D eigenvalue weighted by Crippen LogP contribution is -2.43. The van der Waals surface area contributed by atoms with Gasteiger partial charge in [-0.05, 0) is 12.5 Å². The van der Waals surface area contributed by atoms with Crippen molar-refractivity contribution in [1.29, 1.82) is 0 Å². The molecule has 2 rings (SSSR count). The topological polar surface area (TPSA) is 75.2 Å². The molecule has 1 aliphatic heterocycles. The van der Waals surface area contributed by atoms with Gasteiger partial charge in [-0.25, -0.2) is 4.99 Å². The number of nitrogens with zero attached hydrogens (tertiary/aromatic N) is 2. The van der Waals surface area contributed by atoms with Crippen LogP contribution in [0, 0.1) is 0 Å². The van der Waals surface area contributed by atoms with Gasteiger partial charge in [-0.15, -0.1) is 24.0 Å². The molecule has 0 aliphatic carbocycles. The molecule has 7 nitrogen and oxygen atoms in total. The standard InChI is InChI=1S/C19H30N4O3.HI/c1-4-5-10-20-19(22-14-17(24)23(2)3)21-13-15-8-6-9-16-18(15)26-12-7-11-25-16;/h6,8-9H,4-5,7,10-14H2,1-3H3,(H2,20,21,22);1H. The van der Waals surface area contributed by atoms with E-state index in [0.29, 0.717) is 25.7 Å². The zero-order chi connectivity index (χ0) is 18.8. The van der Waals surface area contributed by atoms with Crippen molar-refractivity contribution >= 4 is 35.8 Å².